The molecule has 0 aliphatic carbocycles. The zero-order chi connectivity index (χ0) is 20.5. The van der Waals surface area contributed by atoms with Crippen molar-refractivity contribution in [2.75, 3.05) is 23.0 Å². The average molecular weight is 410 g/mol. The number of anilines is 2. The summed E-state index contributed by atoms with van der Waals surface area (Å²) >= 11 is 1.54. The monoisotopic (exact) mass is 410 g/mol. The molecule has 2 heterocycles. The van der Waals surface area contributed by atoms with Crippen LogP contribution in [0.4, 0.5) is 11.4 Å². The highest BCUT2D eigenvalue weighted by atomic mass is 32.2. The third-order valence-corrected chi connectivity index (χ3v) is 5.98. The normalized spacial score (nSPS) is 17.5. The SMILES string of the molecule is C[C@@H]1C(=O)Nc2ccc(C(=O)COC(=O)c3ccc4c(c3)NC(=O)CCS4)cc21. The van der Waals surface area contributed by atoms with E-state index in [0.717, 1.165) is 10.5 Å². The van der Waals surface area contributed by atoms with Crippen LogP contribution in [0, 0.1) is 0 Å². The molecular formula is C21H18N2O5S. The van der Waals surface area contributed by atoms with E-state index in [1.807, 2.05) is 0 Å². The highest BCUT2D eigenvalue weighted by molar-refractivity contribution is 7.99. The first kappa shape index (κ1) is 19.2. The summed E-state index contributed by atoms with van der Waals surface area (Å²) in [6.07, 6.45) is 0.411. The lowest BCUT2D eigenvalue weighted by atomic mass is 9.99. The molecule has 1 atom stereocenters. The van der Waals surface area contributed by atoms with E-state index in [9.17, 15) is 19.2 Å². The van der Waals surface area contributed by atoms with Gasteiger partial charge in [0.15, 0.2) is 12.4 Å². The molecule has 2 aromatic carbocycles. The molecule has 8 heteroatoms. The molecule has 148 valence electrons. The molecule has 2 aliphatic rings. The first-order valence-corrected chi connectivity index (χ1v) is 10.1. The van der Waals surface area contributed by atoms with Crippen LogP contribution < -0.4 is 10.6 Å². The van der Waals surface area contributed by atoms with Crippen molar-refractivity contribution in [3.63, 3.8) is 0 Å². The lowest BCUT2D eigenvalue weighted by molar-refractivity contribution is -0.117. The molecule has 2 N–H and O–H groups in total. The van der Waals surface area contributed by atoms with Crippen molar-refractivity contribution in [3.05, 3.63) is 53.1 Å². The zero-order valence-corrected chi connectivity index (χ0v) is 16.4. The molecular weight excluding hydrogens is 392 g/mol. The summed E-state index contributed by atoms with van der Waals surface area (Å²) in [4.78, 5) is 49.1. The number of hydrogen-bond donors (Lipinski definition) is 2. The fourth-order valence-electron chi connectivity index (χ4n) is 3.24. The molecule has 2 amide bonds. The van der Waals surface area contributed by atoms with Gasteiger partial charge in [-0.2, -0.15) is 0 Å². The minimum Gasteiger partial charge on any atom is -0.454 e. The first-order valence-electron chi connectivity index (χ1n) is 9.14. The van der Waals surface area contributed by atoms with Crippen LogP contribution in [0.5, 0.6) is 0 Å². The van der Waals surface area contributed by atoms with E-state index >= 15 is 0 Å². The van der Waals surface area contributed by atoms with Gasteiger partial charge in [-0.25, -0.2) is 4.79 Å². The Morgan fingerprint density at radius 2 is 1.86 bits per heavy atom. The molecule has 0 bridgehead atoms. The van der Waals surface area contributed by atoms with E-state index in [1.54, 1.807) is 55.1 Å². The second-order valence-electron chi connectivity index (χ2n) is 6.87. The number of ether oxygens (including phenoxy) is 1. The maximum atomic E-state index is 12.4. The molecule has 2 aromatic rings. The number of carbonyl (C=O) groups excluding carboxylic acids is 4. The van der Waals surface area contributed by atoms with E-state index in [-0.39, 0.29) is 29.1 Å². The van der Waals surface area contributed by atoms with Gasteiger partial charge in [-0.1, -0.05) is 0 Å². The summed E-state index contributed by atoms with van der Waals surface area (Å²) in [5.41, 5.74) is 2.66. The smallest absolute Gasteiger partial charge is 0.338 e. The predicted octanol–water partition coefficient (Wildman–Crippen LogP) is 3.22. The van der Waals surface area contributed by atoms with E-state index in [2.05, 4.69) is 10.6 Å². The van der Waals surface area contributed by atoms with Crippen LogP contribution in [0.15, 0.2) is 41.3 Å². The Hall–Kier alpha value is -3.13. The molecule has 0 fully saturated rings. The Bertz CT molecular complexity index is 1050. The molecule has 0 aromatic heterocycles. The number of thioether (sulfide) groups is 1. The van der Waals surface area contributed by atoms with Gasteiger partial charge in [0.2, 0.25) is 11.8 Å². The van der Waals surface area contributed by atoms with Gasteiger partial charge in [-0.3, -0.25) is 14.4 Å². The molecule has 0 radical (unpaired) electrons. The van der Waals surface area contributed by atoms with Gasteiger partial charge >= 0.3 is 5.97 Å². The van der Waals surface area contributed by atoms with Crippen LogP contribution in [0.1, 0.15) is 45.5 Å². The Morgan fingerprint density at radius 3 is 2.69 bits per heavy atom. The number of nitrogens with one attached hydrogen (secondary N) is 2. The summed E-state index contributed by atoms with van der Waals surface area (Å²) in [6.45, 7) is 1.36. The van der Waals surface area contributed by atoms with Crippen LogP contribution in [0.25, 0.3) is 0 Å². The molecule has 29 heavy (non-hydrogen) atoms. The maximum absolute atomic E-state index is 12.4. The summed E-state index contributed by atoms with van der Waals surface area (Å²) in [5, 5.41) is 5.52. The van der Waals surface area contributed by atoms with Crippen molar-refractivity contribution in [3.8, 4) is 0 Å². The maximum Gasteiger partial charge on any atom is 0.338 e. The number of Topliss-reactive ketones (excluding diaryl/α,β-unsaturated/α-hetero) is 1. The Labute approximate surface area is 171 Å². The van der Waals surface area contributed by atoms with Gasteiger partial charge < -0.3 is 15.4 Å². The topological polar surface area (TPSA) is 102 Å². The van der Waals surface area contributed by atoms with Crippen LogP contribution in [-0.4, -0.2) is 35.9 Å². The van der Waals surface area contributed by atoms with Crippen LogP contribution in [0.2, 0.25) is 0 Å². The lowest BCUT2D eigenvalue weighted by Gasteiger charge is -2.09. The number of ketones is 1. The summed E-state index contributed by atoms with van der Waals surface area (Å²) in [6, 6.07) is 9.87. The van der Waals surface area contributed by atoms with Crippen LogP contribution in [0.3, 0.4) is 0 Å². The molecule has 0 saturated carbocycles. The number of amides is 2. The second kappa shape index (κ2) is 7.71. The zero-order valence-electron chi connectivity index (χ0n) is 15.6. The minimum atomic E-state index is -0.643. The Balaban J connectivity index is 1.43. The number of hydrogen-bond acceptors (Lipinski definition) is 6. The molecule has 2 aliphatic heterocycles. The number of esters is 1. The second-order valence-corrected chi connectivity index (χ2v) is 8.01. The third-order valence-electron chi connectivity index (χ3n) is 4.90. The van der Waals surface area contributed by atoms with E-state index in [4.69, 9.17) is 4.74 Å². The van der Waals surface area contributed by atoms with Gasteiger partial charge in [0.1, 0.15) is 0 Å². The van der Waals surface area contributed by atoms with Crippen LogP contribution >= 0.6 is 11.8 Å². The Kier molecular flexibility index (Phi) is 5.10. The highest BCUT2D eigenvalue weighted by Gasteiger charge is 2.27. The van der Waals surface area contributed by atoms with Crippen molar-refractivity contribution in [1.29, 1.82) is 0 Å². The van der Waals surface area contributed by atoms with Crippen molar-refractivity contribution < 1.29 is 23.9 Å². The number of benzene rings is 2. The fraction of sp³-hybridized carbons (Fsp3) is 0.238. The molecule has 0 saturated heterocycles. The molecule has 0 unspecified atom stereocenters. The van der Waals surface area contributed by atoms with Gasteiger partial charge in [0.25, 0.3) is 0 Å². The number of fused-ring (bicyclic) bond motifs is 2. The summed E-state index contributed by atoms with van der Waals surface area (Å²) < 4.78 is 5.17. The molecule has 4 rings (SSSR count). The molecule has 0 spiro atoms. The minimum absolute atomic E-state index is 0.101. The Morgan fingerprint density at radius 1 is 1.07 bits per heavy atom. The summed E-state index contributed by atoms with van der Waals surface area (Å²) in [5.74, 6) is -0.854. The van der Waals surface area contributed by atoms with Gasteiger partial charge in [-0.05, 0) is 48.9 Å². The van der Waals surface area contributed by atoms with Gasteiger partial charge in [0, 0.05) is 28.3 Å². The summed E-state index contributed by atoms with van der Waals surface area (Å²) in [7, 11) is 0. The van der Waals surface area contributed by atoms with Gasteiger partial charge in [0.05, 0.1) is 17.2 Å². The van der Waals surface area contributed by atoms with E-state index < -0.39 is 12.6 Å². The molecule has 7 nitrogen and oxygen atoms in total. The van der Waals surface area contributed by atoms with Gasteiger partial charge in [-0.15, -0.1) is 11.8 Å². The van der Waals surface area contributed by atoms with E-state index in [0.29, 0.717) is 29.1 Å². The number of rotatable bonds is 4. The largest absolute Gasteiger partial charge is 0.454 e. The third kappa shape index (κ3) is 3.88. The van der Waals surface area contributed by atoms with Crippen molar-refractivity contribution in [2.45, 2.75) is 24.2 Å². The van der Waals surface area contributed by atoms with Crippen LogP contribution in [-0.2, 0) is 14.3 Å². The fourth-order valence-corrected chi connectivity index (χ4v) is 4.17. The highest BCUT2D eigenvalue weighted by Crippen LogP contribution is 2.33. The predicted molar refractivity (Wildman–Crippen MR) is 109 cm³/mol. The van der Waals surface area contributed by atoms with E-state index in [1.165, 1.54) is 0 Å². The first-order chi connectivity index (χ1) is 13.9. The van der Waals surface area contributed by atoms with Crippen molar-refractivity contribution >= 4 is 46.7 Å². The van der Waals surface area contributed by atoms with Crippen molar-refractivity contribution in [2.24, 2.45) is 0 Å². The standard InChI is InChI=1S/C21H18N2O5S/c1-11-14-8-12(2-4-15(14)23-20(11)26)17(24)10-28-21(27)13-3-5-18-16(9-13)22-19(25)6-7-29-18/h2-5,8-9,11H,6-7,10H2,1H3,(H,22,25)(H,23,26)/t11-/m0/s1. The van der Waals surface area contributed by atoms with Crippen molar-refractivity contribution in [1.82, 2.24) is 0 Å². The number of carbonyl (C=O) groups is 4. The average Bonchev–Trinajstić information content (AvgIpc) is 2.87. The quantitative estimate of drug-likeness (QED) is 0.593. The lowest BCUT2D eigenvalue weighted by Crippen LogP contribution is -2.15.